The molecule has 0 saturated heterocycles. The Kier molecular flexibility index (Phi) is 4.71. The van der Waals surface area contributed by atoms with Crippen molar-refractivity contribution in [1.29, 1.82) is 0 Å². The van der Waals surface area contributed by atoms with Crippen LogP contribution in [0.25, 0.3) is 0 Å². The molecule has 7 heavy (non-hydrogen) atoms. The Bertz CT molecular complexity index is 61.1. The van der Waals surface area contributed by atoms with Gasteiger partial charge in [-0.25, -0.2) is 0 Å². The van der Waals surface area contributed by atoms with E-state index in [0.717, 1.165) is 16.8 Å². The number of rotatable bonds is 3. The first-order chi connectivity index (χ1) is 3.31. The summed E-state index contributed by atoms with van der Waals surface area (Å²) in [6, 6.07) is 0. The van der Waals surface area contributed by atoms with Gasteiger partial charge in [-0.1, -0.05) is 0 Å². The summed E-state index contributed by atoms with van der Waals surface area (Å²) in [5.41, 5.74) is 0. The molecule has 0 bridgehead atoms. The van der Waals surface area contributed by atoms with Gasteiger partial charge in [0.15, 0.2) is 0 Å². The van der Waals surface area contributed by atoms with Gasteiger partial charge in [-0.2, -0.15) is 0 Å². The Hall–Kier alpha value is 0.339. The van der Waals surface area contributed by atoms with Gasteiger partial charge in [0, 0.05) is 0 Å². The van der Waals surface area contributed by atoms with E-state index in [0.29, 0.717) is 0 Å². The zero-order chi connectivity index (χ0) is 5.70. The second-order valence-corrected chi connectivity index (χ2v) is 2.34. The molecule has 2 radical (unpaired) electrons. The Morgan fingerprint density at radius 1 is 1.86 bits per heavy atom. The van der Waals surface area contributed by atoms with Crippen LogP contribution in [0.1, 0.15) is 6.92 Å². The summed E-state index contributed by atoms with van der Waals surface area (Å²) in [6.07, 6.45) is 0. The molecule has 0 N–H and O–H groups in total. The molecule has 0 spiro atoms. The molecule has 40 valence electrons. The van der Waals surface area contributed by atoms with E-state index < -0.39 is 0 Å². The molecule has 0 atom stereocenters. The monoisotopic (exact) mass is 206 g/mol. The van der Waals surface area contributed by atoms with E-state index in [-0.39, 0.29) is 0 Å². The van der Waals surface area contributed by atoms with Crippen LogP contribution < -0.4 is 0 Å². The molecule has 0 unspecified atom stereocenters. The van der Waals surface area contributed by atoms with Gasteiger partial charge in [0.1, 0.15) is 0 Å². The van der Waals surface area contributed by atoms with E-state index in [4.69, 9.17) is 4.74 Å². The van der Waals surface area contributed by atoms with Gasteiger partial charge in [0.25, 0.3) is 0 Å². The predicted molar refractivity (Wildman–Crippen MR) is 32.7 cm³/mol. The minimum atomic E-state index is 0.764. The molecular formula is C5H10OSn. The number of allylic oxidation sites excluding steroid dienone is 1. The zero-order valence-electron chi connectivity index (χ0n) is 4.61. The van der Waals surface area contributed by atoms with Crippen LogP contribution in [0.5, 0.6) is 0 Å². The third-order valence-electron chi connectivity index (χ3n) is 0.576. The van der Waals surface area contributed by atoms with E-state index in [9.17, 15) is 0 Å². The number of ether oxygens (including phenoxy) is 1. The van der Waals surface area contributed by atoms with Crippen molar-refractivity contribution in [3.63, 3.8) is 0 Å². The van der Waals surface area contributed by atoms with Crippen molar-refractivity contribution in [2.45, 2.75) is 11.4 Å². The predicted octanol–water partition coefficient (Wildman–Crippen LogP) is 0.856. The Morgan fingerprint density at radius 2 is 2.43 bits per heavy atom. The molecule has 2 heteroatoms. The molecule has 0 fully saturated rings. The SMILES string of the molecule is C=C([CH2][SnH])OCC. The van der Waals surface area contributed by atoms with Gasteiger partial charge < -0.3 is 0 Å². The fourth-order valence-corrected chi connectivity index (χ4v) is 0.599. The molecule has 0 aromatic heterocycles. The Labute approximate surface area is 57.8 Å². The van der Waals surface area contributed by atoms with Crippen LogP contribution in [0.15, 0.2) is 12.3 Å². The average Bonchev–Trinajstić information content (AvgIpc) is 1.68. The van der Waals surface area contributed by atoms with Gasteiger partial charge in [-0.3, -0.25) is 0 Å². The summed E-state index contributed by atoms with van der Waals surface area (Å²) in [7, 11) is 0. The van der Waals surface area contributed by atoms with E-state index >= 15 is 0 Å². The van der Waals surface area contributed by atoms with Gasteiger partial charge in [-0.05, 0) is 0 Å². The molecule has 0 rings (SSSR count). The van der Waals surface area contributed by atoms with E-state index in [2.05, 4.69) is 6.58 Å². The molecule has 0 aliphatic carbocycles. The average molecular weight is 205 g/mol. The minimum absolute atomic E-state index is 0.764. The first kappa shape index (κ1) is 7.34. The molecule has 0 heterocycles. The molecule has 0 aromatic carbocycles. The first-order valence-electron chi connectivity index (χ1n) is 2.32. The second kappa shape index (κ2) is 4.50. The van der Waals surface area contributed by atoms with Crippen molar-refractivity contribution in [1.82, 2.24) is 0 Å². The second-order valence-electron chi connectivity index (χ2n) is 1.18. The Balaban J connectivity index is 3.00. The van der Waals surface area contributed by atoms with E-state index in [1.165, 1.54) is 22.5 Å². The van der Waals surface area contributed by atoms with Crippen LogP contribution in [-0.2, 0) is 4.74 Å². The molecule has 0 amide bonds. The van der Waals surface area contributed by atoms with Crippen molar-refractivity contribution in [2.75, 3.05) is 6.61 Å². The van der Waals surface area contributed by atoms with Crippen LogP contribution in [0.2, 0.25) is 4.44 Å². The normalized spacial score (nSPS) is 8.29. The molecule has 1 nitrogen and oxygen atoms in total. The summed E-state index contributed by atoms with van der Waals surface area (Å²) < 4.78 is 6.08. The Morgan fingerprint density at radius 3 is 2.57 bits per heavy atom. The summed E-state index contributed by atoms with van der Waals surface area (Å²) in [5, 5.41) is 0. The molecule has 0 aliphatic rings. The van der Waals surface area contributed by atoms with Crippen molar-refractivity contribution < 1.29 is 4.74 Å². The standard InChI is InChI=1S/C5H9O.Sn.H/c1-4-6-5(2)3;;/h2-4H2,1H3;;. The van der Waals surface area contributed by atoms with Crippen molar-refractivity contribution in [2.24, 2.45) is 0 Å². The summed E-state index contributed by atoms with van der Waals surface area (Å²) in [5.74, 6) is 0.935. The molecule has 0 aliphatic heterocycles. The van der Waals surface area contributed by atoms with E-state index in [1.807, 2.05) is 6.92 Å². The van der Waals surface area contributed by atoms with Crippen molar-refractivity contribution >= 4 is 22.5 Å². The quantitative estimate of drug-likeness (QED) is 0.490. The van der Waals surface area contributed by atoms with Crippen molar-refractivity contribution in [3.05, 3.63) is 12.3 Å². The summed E-state index contributed by atoms with van der Waals surface area (Å²) >= 11 is 1.22. The zero-order valence-corrected chi connectivity index (χ0v) is 7.90. The van der Waals surface area contributed by atoms with Gasteiger partial charge >= 0.3 is 57.6 Å². The van der Waals surface area contributed by atoms with Crippen LogP contribution in [0.4, 0.5) is 0 Å². The fraction of sp³-hybridized carbons (Fsp3) is 0.600. The van der Waals surface area contributed by atoms with Gasteiger partial charge in [0.05, 0.1) is 0 Å². The third kappa shape index (κ3) is 4.19. The van der Waals surface area contributed by atoms with Crippen LogP contribution in [0.3, 0.4) is 0 Å². The van der Waals surface area contributed by atoms with Gasteiger partial charge in [0.2, 0.25) is 0 Å². The topological polar surface area (TPSA) is 9.23 Å². The summed E-state index contributed by atoms with van der Waals surface area (Å²) in [6.45, 7) is 6.41. The third-order valence-corrected chi connectivity index (χ3v) is 1.88. The summed E-state index contributed by atoms with van der Waals surface area (Å²) in [4.78, 5) is 0. The molecule has 0 aromatic rings. The van der Waals surface area contributed by atoms with Crippen LogP contribution >= 0.6 is 0 Å². The number of hydrogen-bond acceptors (Lipinski definition) is 1. The fourth-order valence-electron chi connectivity index (χ4n) is 0.263. The maximum atomic E-state index is 5.03. The van der Waals surface area contributed by atoms with Gasteiger partial charge in [-0.15, -0.1) is 0 Å². The first-order valence-corrected chi connectivity index (χ1v) is 4.65. The van der Waals surface area contributed by atoms with E-state index in [1.54, 1.807) is 0 Å². The maximum absolute atomic E-state index is 5.03. The van der Waals surface area contributed by atoms with Crippen molar-refractivity contribution in [3.8, 4) is 0 Å². The van der Waals surface area contributed by atoms with Crippen LogP contribution in [-0.4, -0.2) is 29.1 Å². The van der Waals surface area contributed by atoms with Crippen LogP contribution in [0, 0.1) is 0 Å². The molecule has 0 saturated carbocycles. The molecular weight excluding hydrogens is 195 g/mol. The number of hydrogen-bond donors (Lipinski definition) is 0.